The second-order valence-corrected chi connectivity index (χ2v) is 5.44. The largest absolute Gasteiger partial charge is 0.337 e. The molecule has 0 atom stereocenters. The van der Waals surface area contributed by atoms with Crippen LogP contribution in [0.2, 0.25) is 15.2 Å². The molecule has 0 radical (unpaired) electrons. The van der Waals surface area contributed by atoms with E-state index in [1.54, 1.807) is 13.1 Å². The standard InChI is InChI=1S/C14H11Cl3N2O/c1-19(8-9-4-2-3-5-11(9)15)14(20)10-6-13(17)18-7-12(10)16/h2-7H,8H2,1H3. The second-order valence-electron chi connectivity index (χ2n) is 4.24. The summed E-state index contributed by atoms with van der Waals surface area (Å²) in [6, 6.07) is 8.82. The van der Waals surface area contributed by atoms with Crippen molar-refractivity contribution in [3.8, 4) is 0 Å². The molecule has 0 spiro atoms. The molecule has 104 valence electrons. The van der Waals surface area contributed by atoms with Crippen LogP contribution in [0.3, 0.4) is 0 Å². The molecule has 2 aromatic rings. The fraction of sp³-hybridized carbons (Fsp3) is 0.143. The van der Waals surface area contributed by atoms with Crippen molar-refractivity contribution in [3.05, 3.63) is 62.9 Å². The van der Waals surface area contributed by atoms with E-state index >= 15 is 0 Å². The van der Waals surface area contributed by atoms with E-state index in [1.807, 2.05) is 18.2 Å². The van der Waals surface area contributed by atoms with E-state index in [9.17, 15) is 4.79 Å². The molecule has 0 saturated heterocycles. The third-order valence-corrected chi connectivity index (χ3v) is 3.64. The average Bonchev–Trinajstić information content (AvgIpc) is 2.43. The lowest BCUT2D eigenvalue weighted by molar-refractivity contribution is 0.0785. The van der Waals surface area contributed by atoms with Crippen LogP contribution in [0.15, 0.2) is 36.5 Å². The second kappa shape index (κ2) is 6.44. The Labute approximate surface area is 132 Å². The zero-order valence-corrected chi connectivity index (χ0v) is 12.9. The monoisotopic (exact) mass is 328 g/mol. The summed E-state index contributed by atoms with van der Waals surface area (Å²) in [4.78, 5) is 17.7. The van der Waals surface area contributed by atoms with Gasteiger partial charge in [-0.2, -0.15) is 0 Å². The number of carbonyl (C=O) groups excluding carboxylic acids is 1. The molecule has 6 heteroatoms. The number of benzene rings is 1. The maximum absolute atomic E-state index is 12.3. The summed E-state index contributed by atoms with van der Waals surface area (Å²) in [5, 5.41) is 1.11. The number of hydrogen-bond acceptors (Lipinski definition) is 2. The lowest BCUT2D eigenvalue weighted by atomic mass is 10.2. The molecule has 0 bridgehead atoms. The van der Waals surface area contributed by atoms with Crippen LogP contribution >= 0.6 is 34.8 Å². The fourth-order valence-corrected chi connectivity index (χ4v) is 2.27. The number of halogens is 3. The summed E-state index contributed by atoms with van der Waals surface area (Å²) >= 11 is 17.8. The Morgan fingerprint density at radius 1 is 1.20 bits per heavy atom. The van der Waals surface area contributed by atoms with E-state index < -0.39 is 0 Å². The molecule has 0 aliphatic carbocycles. The van der Waals surface area contributed by atoms with E-state index in [2.05, 4.69) is 4.98 Å². The number of nitrogens with zero attached hydrogens (tertiary/aromatic N) is 2. The first-order valence-electron chi connectivity index (χ1n) is 5.79. The summed E-state index contributed by atoms with van der Waals surface area (Å²) in [6.45, 7) is 0.384. The molecular weight excluding hydrogens is 319 g/mol. The van der Waals surface area contributed by atoms with Crippen molar-refractivity contribution in [2.45, 2.75) is 6.54 Å². The predicted molar refractivity (Wildman–Crippen MR) is 81.5 cm³/mol. The average molecular weight is 330 g/mol. The van der Waals surface area contributed by atoms with Gasteiger partial charge in [0.15, 0.2) is 0 Å². The summed E-state index contributed by atoms with van der Waals surface area (Å²) in [5.74, 6) is -0.237. The van der Waals surface area contributed by atoms with Gasteiger partial charge in [0, 0.05) is 24.8 Å². The Morgan fingerprint density at radius 2 is 1.90 bits per heavy atom. The van der Waals surface area contributed by atoms with Gasteiger partial charge >= 0.3 is 0 Å². The molecule has 0 saturated carbocycles. The number of aromatic nitrogens is 1. The van der Waals surface area contributed by atoms with Crippen molar-refractivity contribution in [1.82, 2.24) is 9.88 Å². The van der Waals surface area contributed by atoms with E-state index in [0.29, 0.717) is 17.1 Å². The van der Waals surface area contributed by atoms with Crippen LogP contribution in [0.4, 0.5) is 0 Å². The molecule has 0 N–H and O–H groups in total. The molecule has 1 aromatic heterocycles. The molecule has 0 unspecified atom stereocenters. The Hall–Kier alpha value is -1.29. The Bertz CT molecular complexity index is 646. The lowest BCUT2D eigenvalue weighted by Gasteiger charge is -2.18. The van der Waals surface area contributed by atoms with Crippen molar-refractivity contribution in [3.63, 3.8) is 0 Å². The third-order valence-electron chi connectivity index (χ3n) is 2.76. The van der Waals surface area contributed by atoms with E-state index in [0.717, 1.165) is 5.56 Å². The maximum atomic E-state index is 12.3. The van der Waals surface area contributed by atoms with Crippen LogP contribution in [0.5, 0.6) is 0 Å². The van der Waals surface area contributed by atoms with E-state index in [1.165, 1.54) is 17.2 Å². The molecule has 2 rings (SSSR count). The third kappa shape index (κ3) is 3.42. The summed E-state index contributed by atoms with van der Waals surface area (Å²) in [5.41, 5.74) is 1.18. The lowest BCUT2D eigenvalue weighted by Crippen LogP contribution is -2.26. The highest BCUT2D eigenvalue weighted by Gasteiger charge is 2.17. The minimum atomic E-state index is -0.237. The number of pyridine rings is 1. The van der Waals surface area contributed by atoms with Crippen LogP contribution in [0, 0.1) is 0 Å². The van der Waals surface area contributed by atoms with Gasteiger partial charge in [-0.1, -0.05) is 53.0 Å². The molecule has 0 fully saturated rings. The normalized spacial score (nSPS) is 10.4. The van der Waals surface area contributed by atoms with E-state index in [-0.39, 0.29) is 16.1 Å². The first-order chi connectivity index (χ1) is 9.49. The van der Waals surface area contributed by atoms with Gasteiger partial charge in [0.25, 0.3) is 5.91 Å². The highest BCUT2D eigenvalue weighted by Crippen LogP contribution is 2.22. The van der Waals surface area contributed by atoms with Gasteiger partial charge in [-0.15, -0.1) is 0 Å². The van der Waals surface area contributed by atoms with Gasteiger partial charge in [-0.3, -0.25) is 4.79 Å². The first kappa shape index (κ1) is 15.1. The van der Waals surface area contributed by atoms with Crippen LogP contribution < -0.4 is 0 Å². The number of carbonyl (C=O) groups is 1. The zero-order chi connectivity index (χ0) is 14.7. The topological polar surface area (TPSA) is 33.2 Å². The minimum Gasteiger partial charge on any atom is -0.337 e. The molecule has 20 heavy (non-hydrogen) atoms. The van der Waals surface area contributed by atoms with Crippen molar-refractivity contribution in [1.29, 1.82) is 0 Å². The Kier molecular flexibility index (Phi) is 4.86. The number of amides is 1. The van der Waals surface area contributed by atoms with Crippen molar-refractivity contribution < 1.29 is 4.79 Å². The fourth-order valence-electron chi connectivity index (χ4n) is 1.74. The van der Waals surface area contributed by atoms with Crippen molar-refractivity contribution >= 4 is 40.7 Å². The summed E-state index contributed by atoms with van der Waals surface area (Å²) in [7, 11) is 1.68. The van der Waals surface area contributed by atoms with Crippen LogP contribution in [-0.2, 0) is 6.54 Å². The van der Waals surface area contributed by atoms with Crippen LogP contribution in [0.1, 0.15) is 15.9 Å². The zero-order valence-electron chi connectivity index (χ0n) is 10.6. The molecule has 0 aliphatic rings. The Morgan fingerprint density at radius 3 is 2.60 bits per heavy atom. The predicted octanol–water partition coefficient (Wildman–Crippen LogP) is 4.31. The molecular formula is C14H11Cl3N2O. The van der Waals surface area contributed by atoms with Crippen molar-refractivity contribution in [2.24, 2.45) is 0 Å². The van der Waals surface area contributed by atoms with Crippen LogP contribution in [0.25, 0.3) is 0 Å². The SMILES string of the molecule is CN(Cc1ccccc1Cl)C(=O)c1cc(Cl)ncc1Cl. The smallest absolute Gasteiger partial charge is 0.255 e. The summed E-state index contributed by atoms with van der Waals surface area (Å²) < 4.78 is 0. The van der Waals surface area contributed by atoms with Gasteiger partial charge in [-0.05, 0) is 17.7 Å². The van der Waals surface area contributed by atoms with Gasteiger partial charge in [0.05, 0.1) is 10.6 Å². The Balaban J connectivity index is 2.21. The van der Waals surface area contributed by atoms with E-state index in [4.69, 9.17) is 34.8 Å². The molecule has 0 aliphatic heterocycles. The van der Waals surface area contributed by atoms with Crippen molar-refractivity contribution in [2.75, 3.05) is 7.05 Å². The van der Waals surface area contributed by atoms with Crippen LogP contribution in [-0.4, -0.2) is 22.8 Å². The van der Waals surface area contributed by atoms with Gasteiger partial charge in [0.2, 0.25) is 0 Å². The first-order valence-corrected chi connectivity index (χ1v) is 6.92. The highest BCUT2D eigenvalue weighted by molar-refractivity contribution is 6.35. The molecule has 1 heterocycles. The van der Waals surface area contributed by atoms with Gasteiger partial charge in [0.1, 0.15) is 5.15 Å². The maximum Gasteiger partial charge on any atom is 0.255 e. The summed E-state index contributed by atoms with van der Waals surface area (Å²) in [6.07, 6.45) is 1.36. The van der Waals surface area contributed by atoms with Gasteiger partial charge in [-0.25, -0.2) is 4.98 Å². The van der Waals surface area contributed by atoms with Gasteiger partial charge < -0.3 is 4.90 Å². The molecule has 1 amide bonds. The molecule has 3 nitrogen and oxygen atoms in total. The number of hydrogen-bond donors (Lipinski definition) is 0. The quantitative estimate of drug-likeness (QED) is 0.786. The number of rotatable bonds is 3. The highest BCUT2D eigenvalue weighted by atomic mass is 35.5. The minimum absolute atomic E-state index is 0.226. The molecule has 1 aromatic carbocycles.